The third-order valence-electron chi connectivity index (χ3n) is 6.66. The maximum atomic E-state index is 13.1. The highest BCUT2D eigenvalue weighted by Gasteiger charge is 2.38. The molecule has 1 saturated heterocycles. The third kappa shape index (κ3) is 5.48. The first-order valence-corrected chi connectivity index (χ1v) is 12.5. The number of nitrogens with zero attached hydrogens (tertiary/aromatic N) is 2. The van der Waals surface area contributed by atoms with E-state index in [9.17, 15) is 10.1 Å². The topological polar surface area (TPSA) is 88.2 Å². The van der Waals surface area contributed by atoms with Gasteiger partial charge < -0.3 is 14.6 Å². The molecule has 0 atom stereocenters. The molecule has 0 aliphatic carbocycles. The molecule has 0 spiro atoms. The fourth-order valence-electron chi connectivity index (χ4n) is 5.74. The Morgan fingerprint density at radius 3 is 2.44 bits per heavy atom. The predicted octanol–water partition coefficient (Wildman–Crippen LogP) is 7.41. The van der Waals surface area contributed by atoms with E-state index in [2.05, 4.69) is 44.2 Å². The number of rotatable bonds is 6. The van der Waals surface area contributed by atoms with E-state index in [1.807, 2.05) is 26.0 Å². The lowest BCUT2D eigenvalue weighted by atomic mass is 9.74. The second kappa shape index (κ2) is 9.72. The van der Waals surface area contributed by atoms with Crippen LogP contribution in [0.4, 0.5) is 0 Å². The van der Waals surface area contributed by atoms with Gasteiger partial charge in [-0.1, -0.05) is 28.9 Å². The molecular formula is C29H32ClN3O3. The van der Waals surface area contributed by atoms with Crippen LogP contribution in [0.3, 0.4) is 0 Å². The zero-order valence-electron chi connectivity index (χ0n) is 21.7. The number of piperidine rings is 1. The number of Topliss-reactive ketones (excluding diaryl/α,β-unsaturated/α-hetero) is 1. The minimum absolute atomic E-state index is 0.0153. The molecule has 1 N–H and O–H groups in total. The number of halogens is 1. The zero-order valence-corrected chi connectivity index (χ0v) is 22.4. The van der Waals surface area contributed by atoms with Gasteiger partial charge in [-0.25, -0.2) is 0 Å². The summed E-state index contributed by atoms with van der Waals surface area (Å²) in [4.78, 5) is 13.1. The van der Waals surface area contributed by atoms with E-state index < -0.39 is 0 Å². The molecule has 3 aromatic rings. The van der Waals surface area contributed by atoms with Crippen molar-refractivity contribution in [3.63, 3.8) is 0 Å². The first-order valence-electron chi connectivity index (χ1n) is 12.2. The lowest BCUT2D eigenvalue weighted by Gasteiger charge is -2.46. The van der Waals surface area contributed by atoms with Gasteiger partial charge in [-0.05, 0) is 84.6 Å². The SMILES string of the molecule is Cc1noc(C)c1-c1cccc(Oc2ccc(C(=O)CC3CC(C)(C)NC(C)(C)C3)cc2Cl)c1C#N. The number of carbonyl (C=O) groups excluding carboxylic acids is 1. The predicted molar refractivity (Wildman–Crippen MR) is 141 cm³/mol. The van der Waals surface area contributed by atoms with Gasteiger partial charge >= 0.3 is 0 Å². The van der Waals surface area contributed by atoms with Crippen molar-refractivity contribution in [3.05, 3.63) is 64.0 Å². The van der Waals surface area contributed by atoms with E-state index in [1.54, 1.807) is 24.3 Å². The molecule has 1 aliphatic rings. The van der Waals surface area contributed by atoms with Crippen LogP contribution < -0.4 is 10.1 Å². The van der Waals surface area contributed by atoms with Gasteiger partial charge in [0.2, 0.25) is 0 Å². The lowest BCUT2D eigenvalue weighted by Crippen LogP contribution is -2.57. The number of ether oxygens (including phenoxy) is 1. The molecule has 0 unspecified atom stereocenters. The molecule has 6 nitrogen and oxygen atoms in total. The van der Waals surface area contributed by atoms with E-state index in [0.717, 1.165) is 18.4 Å². The molecule has 188 valence electrons. The first-order chi connectivity index (χ1) is 16.9. The van der Waals surface area contributed by atoms with Crippen LogP contribution in [0.1, 0.15) is 74.3 Å². The van der Waals surface area contributed by atoms with E-state index in [1.165, 1.54) is 0 Å². The standard InChI is InChI=1S/C29H32ClN3O3/c1-17-27(18(2)36-32-17)21-8-7-9-25(22(21)16-31)35-26-11-10-20(13-23(26)30)24(34)12-19-14-28(3,4)33-29(5,6)15-19/h7-11,13,19,33H,12,14-15H2,1-6H3. The summed E-state index contributed by atoms with van der Waals surface area (Å²) in [6.45, 7) is 12.4. The van der Waals surface area contributed by atoms with Crippen LogP contribution in [0.25, 0.3) is 11.1 Å². The lowest BCUT2D eigenvalue weighted by molar-refractivity contribution is 0.0864. The van der Waals surface area contributed by atoms with E-state index in [0.29, 0.717) is 57.0 Å². The normalized spacial score (nSPS) is 16.9. The fraction of sp³-hybridized carbons (Fsp3) is 0.414. The molecule has 2 aromatic carbocycles. The molecule has 0 amide bonds. The number of nitrogens with one attached hydrogen (secondary N) is 1. The van der Waals surface area contributed by atoms with Gasteiger partial charge in [0.05, 0.1) is 10.7 Å². The average molecular weight is 506 g/mol. The van der Waals surface area contributed by atoms with Gasteiger partial charge in [-0.2, -0.15) is 5.26 Å². The van der Waals surface area contributed by atoms with Crippen LogP contribution in [0.2, 0.25) is 5.02 Å². The van der Waals surface area contributed by atoms with Crippen molar-refractivity contribution in [1.29, 1.82) is 5.26 Å². The van der Waals surface area contributed by atoms with E-state index in [-0.39, 0.29) is 16.9 Å². The molecule has 0 saturated carbocycles. The van der Waals surface area contributed by atoms with Crippen molar-refractivity contribution in [2.24, 2.45) is 5.92 Å². The van der Waals surface area contributed by atoms with Gasteiger partial charge in [0.25, 0.3) is 0 Å². The Labute approximate surface area is 217 Å². The van der Waals surface area contributed by atoms with Gasteiger partial charge in [0.1, 0.15) is 28.9 Å². The Balaban J connectivity index is 1.55. The molecule has 0 bridgehead atoms. The highest BCUT2D eigenvalue weighted by molar-refractivity contribution is 6.32. The largest absolute Gasteiger partial charge is 0.454 e. The number of hydrogen-bond donors (Lipinski definition) is 1. The zero-order chi connectivity index (χ0) is 26.3. The monoisotopic (exact) mass is 505 g/mol. The summed E-state index contributed by atoms with van der Waals surface area (Å²) in [6, 6.07) is 12.7. The van der Waals surface area contributed by atoms with Crippen LogP contribution in [-0.2, 0) is 0 Å². The van der Waals surface area contributed by atoms with Gasteiger partial charge in [-0.15, -0.1) is 0 Å². The molecule has 7 heteroatoms. The second-order valence-corrected chi connectivity index (χ2v) is 11.4. The molecule has 2 heterocycles. The van der Waals surface area contributed by atoms with Gasteiger partial charge in [0.15, 0.2) is 5.78 Å². The summed E-state index contributed by atoms with van der Waals surface area (Å²) >= 11 is 6.55. The summed E-state index contributed by atoms with van der Waals surface area (Å²) in [6.07, 6.45) is 2.36. The summed E-state index contributed by atoms with van der Waals surface area (Å²) in [5.41, 5.74) is 3.04. The van der Waals surface area contributed by atoms with Crippen LogP contribution in [0.5, 0.6) is 11.5 Å². The fourth-order valence-corrected chi connectivity index (χ4v) is 5.96. The number of ketones is 1. The van der Waals surface area contributed by atoms with Crippen molar-refractivity contribution < 1.29 is 14.1 Å². The summed E-state index contributed by atoms with van der Waals surface area (Å²) in [7, 11) is 0. The molecular weight excluding hydrogens is 474 g/mol. The highest BCUT2D eigenvalue weighted by atomic mass is 35.5. The van der Waals surface area contributed by atoms with Crippen LogP contribution in [0, 0.1) is 31.1 Å². The molecule has 1 aliphatic heterocycles. The molecule has 4 rings (SSSR count). The minimum atomic E-state index is -0.0153. The van der Waals surface area contributed by atoms with Crippen LogP contribution in [-0.4, -0.2) is 22.0 Å². The minimum Gasteiger partial charge on any atom is -0.454 e. The third-order valence-corrected chi connectivity index (χ3v) is 6.96. The number of aromatic nitrogens is 1. The Hall–Kier alpha value is -3.14. The highest BCUT2D eigenvalue weighted by Crippen LogP contribution is 2.39. The Kier molecular flexibility index (Phi) is 7.01. The molecule has 1 fully saturated rings. The number of benzene rings is 2. The average Bonchev–Trinajstić information content (AvgIpc) is 3.10. The van der Waals surface area contributed by atoms with Crippen LogP contribution >= 0.6 is 11.6 Å². The summed E-state index contributed by atoms with van der Waals surface area (Å²) in [5.74, 6) is 1.74. The number of aryl methyl sites for hydroxylation is 2. The van der Waals surface area contributed by atoms with E-state index >= 15 is 0 Å². The quantitative estimate of drug-likeness (QED) is 0.351. The Morgan fingerprint density at radius 1 is 1.17 bits per heavy atom. The number of hydrogen-bond acceptors (Lipinski definition) is 6. The number of nitriles is 1. The molecule has 0 radical (unpaired) electrons. The van der Waals surface area contributed by atoms with Crippen molar-refractivity contribution in [2.75, 3.05) is 0 Å². The first kappa shape index (κ1) is 25.9. The van der Waals surface area contributed by atoms with Gasteiger partial charge in [-0.3, -0.25) is 4.79 Å². The van der Waals surface area contributed by atoms with Gasteiger partial charge in [0, 0.05) is 34.2 Å². The summed E-state index contributed by atoms with van der Waals surface area (Å²) in [5, 5.41) is 17.9. The van der Waals surface area contributed by atoms with Crippen molar-refractivity contribution in [3.8, 4) is 28.7 Å². The van der Waals surface area contributed by atoms with Crippen LogP contribution in [0.15, 0.2) is 40.9 Å². The molecule has 36 heavy (non-hydrogen) atoms. The van der Waals surface area contributed by atoms with E-state index in [4.69, 9.17) is 20.9 Å². The summed E-state index contributed by atoms with van der Waals surface area (Å²) < 4.78 is 11.3. The maximum Gasteiger partial charge on any atom is 0.163 e. The number of carbonyl (C=O) groups is 1. The molecule has 1 aromatic heterocycles. The maximum absolute atomic E-state index is 13.1. The Morgan fingerprint density at radius 2 is 1.86 bits per heavy atom. The van der Waals surface area contributed by atoms with Crippen molar-refractivity contribution >= 4 is 17.4 Å². The van der Waals surface area contributed by atoms with Crippen molar-refractivity contribution in [2.45, 2.75) is 71.9 Å². The smallest absolute Gasteiger partial charge is 0.163 e. The Bertz CT molecular complexity index is 1310. The van der Waals surface area contributed by atoms with Crippen molar-refractivity contribution in [1.82, 2.24) is 10.5 Å². The second-order valence-electron chi connectivity index (χ2n) is 11.0.